The Morgan fingerprint density at radius 2 is 1.75 bits per heavy atom. The number of nitrogens with one attached hydrogen (secondary N) is 1. The molecule has 1 unspecified atom stereocenters. The van der Waals surface area contributed by atoms with E-state index in [-0.39, 0.29) is 17.2 Å². The van der Waals surface area contributed by atoms with E-state index in [4.69, 9.17) is 11.6 Å². The average Bonchev–Trinajstić information content (AvgIpc) is 2.28. The van der Waals surface area contributed by atoms with Crippen LogP contribution < -0.4 is 5.32 Å². The highest BCUT2D eigenvalue weighted by Gasteiger charge is 2.17. The van der Waals surface area contributed by atoms with Crippen LogP contribution in [0.3, 0.4) is 0 Å². The zero-order valence-corrected chi connectivity index (χ0v) is 14.2. The van der Waals surface area contributed by atoms with Crippen molar-refractivity contribution in [2.75, 3.05) is 18.6 Å². The molecule has 0 aliphatic heterocycles. The Morgan fingerprint density at radius 3 is 2.20 bits per heavy atom. The highest BCUT2D eigenvalue weighted by atomic mass is 35.5. The molecule has 1 aromatic carbocycles. The van der Waals surface area contributed by atoms with Crippen molar-refractivity contribution in [2.45, 2.75) is 38.6 Å². The van der Waals surface area contributed by atoms with Crippen molar-refractivity contribution in [3.63, 3.8) is 0 Å². The van der Waals surface area contributed by atoms with Gasteiger partial charge >= 0.3 is 0 Å². The second-order valence-electron chi connectivity index (χ2n) is 6.30. The van der Waals surface area contributed by atoms with E-state index in [1.165, 1.54) is 6.26 Å². The van der Waals surface area contributed by atoms with Crippen LogP contribution >= 0.6 is 11.6 Å². The molecule has 0 spiro atoms. The largest absolute Gasteiger partial charge is 0.311 e. The molecule has 0 bridgehead atoms. The Kier molecular flexibility index (Phi) is 6.05. The van der Waals surface area contributed by atoms with Crippen LogP contribution in [0.4, 0.5) is 0 Å². The molecule has 0 radical (unpaired) electrons. The summed E-state index contributed by atoms with van der Waals surface area (Å²) in [5.74, 6) is 0.368. The fraction of sp³-hybridized carbons (Fsp3) is 0.600. The highest BCUT2D eigenvalue weighted by Crippen LogP contribution is 2.22. The topological polar surface area (TPSA) is 46.2 Å². The van der Waals surface area contributed by atoms with Crippen molar-refractivity contribution in [1.82, 2.24) is 5.32 Å². The van der Waals surface area contributed by atoms with Gasteiger partial charge < -0.3 is 5.32 Å². The van der Waals surface area contributed by atoms with E-state index in [1.54, 1.807) is 0 Å². The van der Waals surface area contributed by atoms with E-state index < -0.39 is 9.84 Å². The van der Waals surface area contributed by atoms with Gasteiger partial charge in [0.15, 0.2) is 0 Å². The molecule has 0 saturated carbocycles. The number of rotatable bonds is 6. The van der Waals surface area contributed by atoms with Crippen LogP contribution in [-0.2, 0) is 9.84 Å². The number of hydrogen-bond donors (Lipinski definition) is 1. The lowest BCUT2D eigenvalue weighted by atomic mass is 9.95. The Labute approximate surface area is 127 Å². The van der Waals surface area contributed by atoms with E-state index in [9.17, 15) is 8.42 Å². The van der Waals surface area contributed by atoms with Gasteiger partial charge in [0.2, 0.25) is 0 Å². The van der Waals surface area contributed by atoms with Gasteiger partial charge in [-0.3, -0.25) is 0 Å². The Hall–Kier alpha value is -0.580. The van der Waals surface area contributed by atoms with E-state index >= 15 is 0 Å². The molecule has 0 saturated heterocycles. The maximum atomic E-state index is 11.4. The van der Waals surface area contributed by atoms with Crippen LogP contribution in [0.5, 0.6) is 0 Å². The fourth-order valence-corrected chi connectivity index (χ4v) is 2.75. The lowest BCUT2D eigenvalue weighted by Gasteiger charge is -2.25. The molecular weight excluding hydrogens is 294 g/mol. The fourth-order valence-electron chi connectivity index (χ4n) is 1.91. The summed E-state index contributed by atoms with van der Waals surface area (Å²) in [7, 11) is -2.94. The first-order chi connectivity index (χ1) is 9.07. The number of hydrogen-bond acceptors (Lipinski definition) is 3. The summed E-state index contributed by atoms with van der Waals surface area (Å²) in [6.07, 6.45) is 1.90. The number of halogens is 1. The molecule has 0 heterocycles. The third-order valence-electron chi connectivity index (χ3n) is 3.06. The normalized spacial score (nSPS) is 14.2. The monoisotopic (exact) mass is 317 g/mol. The van der Waals surface area contributed by atoms with Gasteiger partial charge in [-0.2, -0.15) is 0 Å². The van der Waals surface area contributed by atoms with Crippen LogP contribution in [-0.4, -0.2) is 32.5 Å². The third kappa shape index (κ3) is 7.27. The first-order valence-corrected chi connectivity index (χ1v) is 9.19. The molecule has 1 N–H and O–H groups in total. The van der Waals surface area contributed by atoms with Crippen LogP contribution in [0.15, 0.2) is 24.3 Å². The summed E-state index contributed by atoms with van der Waals surface area (Å²) in [6, 6.07) is 7.64. The summed E-state index contributed by atoms with van der Waals surface area (Å²) in [5.41, 5.74) is 1.13. The lowest BCUT2D eigenvalue weighted by Crippen LogP contribution is -2.38. The van der Waals surface area contributed by atoms with Gasteiger partial charge in [-0.15, -0.1) is 0 Å². The first-order valence-electron chi connectivity index (χ1n) is 6.75. The van der Waals surface area contributed by atoms with E-state index in [0.717, 1.165) is 12.1 Å². The zero-order valence-electron chi connectivity index (χ0n) is 12.6. The van der Waals surface area contributed by atoms with Gasteiger partial charge in [-0.1, -0.05) is 23.7 Å². The molecule has 114 valence electrons. The van der Waals surface area contributed by atoms with Gasteiger partial charge in [0.25, 0.3) is 0 Å². The van der Waals surface area contributed by atoms with Crippen molar-refractivity contribution in [3.8, 4) is 0 Å². The van der Waals surface area contributed by atoms with Gasteiger partial charge in [0.1, 0.15) is 9.84 Å². The summed E-state index contributed by atoms with van der Waals surface area (Å²) >= 11 is 5.90. The van der Waals surface area contributed by atoms with Gasteiger partial charge in [-0.05, 0) is 50.8 Å². The summed E-state index contributed by atoms with van der Waals surface area (Å²) in [4.78, 5) is 0. The summed E-state index contributed by atoms with van der Waals surface area (Å²) in [5, 5.41) is 4.14. The average molecular weight is 318 g/mol. The summed E-state index contributed by atoms with van der Waals surface area (Å²) < 4.78 is 22.8. The number of sulfone groups is 1. The van der Waals surface area contributed by atoms with Crippen LogP contribution in [0.25, 0.3) is 0 Å². The van der Waals surface area contributed by atoms with Crippen molar-refractivity contribution >= 4 is 21.4 Å². The zero-order chi connectivity index (χ0) is 15.4. The minimum absolute atomic E-state index is 0.00969. The van der Waals surface area contributed by atoms with Gasteiger partial charge in [0.05, 0.1) is 5.75 Å². The molecule has 0 fully saturated rings. The van der Waals surface area contributed by atoms with Crippen LogP contribution in [0.1, 0.15) is 38.7 Å². The van der Waals surface area contributed by atoms with E-state index in [0.29, 0.717) is 11.4 Å². The molecule has 1 rings (SSSR count). The Bertz CT molecular complexity index is 518. The van der Waals surface area contributed by atoms with Gasteiger partial charge in [0, 0.05) is 23.4 Å². The standard InChI is InChI=1S/C15H24ClNO2S/c1-15(2,3)17-11-13(9-10-20(4,18)19)12-5-7-14(16)8-6-12/h5-8,13,17H,9-11H2,1-4H3. The highest BCUT2D eigenvalue weighted by molar-refractivity contribution is 7.90. The maximum absolute atomic E-state index is 11.4. The maximum Gasteiger partial charge on any atom is 0.147 e. The quantitative estimate of drug-likeness (QED) is 0.876. The minimum atomic E-state index is -2.94. The molecule has 1 atom stereocenters. The van der Waals surface area contributed by atoms with Crippen molar-refractivity contribution in [3.05, 3.63) is 34.9 Å². The molecular formula is C15H24ClNO2S. The lowest BCUT2D eigenvalue weighted by molar-refractivity contribution is 0.403. The molecule has 0 aromatic heterocycles. The van der Waals surface area contributed by atoms with Crippen molar-refractivity contribution < 1.29 is 8.42 Å². The van der Waals surface area contributed by atoms with Gasteiger partial charge in [-0.25, -0.2) is 8.42 Å². The first kappa shape index (κ1) is 17.5. The molecule has 0 aliphatic rings. The summed E-state index contributed by atoms with van der Waals surface area (Å²) in [6.45, 7) is 7.05. The Balaban J connectivity index is 2.80. The number of benzene rings is 1. The molecule has 0 aliphatic carbocycles. The molecule has 3 nitrogen and oxygen atoms in total. The smallest absolute Gasteiger partial charge is 0.147 e. The molecule has 20 heavy (non-hydrogen) atoms. The predicted octanol–water partition coefficient (Wildman–Crippen LogP) is 3.25. The minimum Gasteiger partial charge on any atom is -0.311 e. The van der Waals surface area contributed by atoms with Crippen molar-refractivity contribution in [2.24, 2.45) is 0 Å². The van der Waals surface area contributed by atoms with Crippen LogP contribution in [0.2, 0.25) is 5.02 Å². The van der Waals surface area contributed by atoms with E-state index in [2.05, 4.69) is 26.1 Å². The molecule has 5 heteroatoms. The third-order valence-corrected chi connectivity index (χ3v) is 4.29. The second-order valence-corrected chi connectivity index (χ2v) is 8.99. The molecule has 0 amide bonds. The van der Waals surface area contributed by atoms with Crippen molar-refractivity contribution in [1.29, 1.82) is 0 Å². The SMILES string of the molecule is CC(C)(C)NCC(CCS(C)(=O)=O)c1ccc(Cl)cc1. The second kappa shape index (κ2) is 6.92. The van der Waals surface area contributed by atoms with Crippen LogP contribution in [0, 0.1) is 0 Å². The Morgan fingerprint density at radius 1 is 1.20 bits per heavy atom. The molecule has 1 aromatic rings. The predicted molar refractivity (Wildman–Crippen MR) is 86.3 cm³/mol. The van der Waals surface area contributed by atoms with E-state index in [1.807, 2.05) is 24.3 Å².